The predicted octanol–water partition coefficient (Wildman–Crippen LogP) is 3.79. The van der Waals surface area contributed by atoms with Gasteiger partial charge in [-0.05, 0) is 41.5 Å². The van der Waals surface area contributed by atoms with Gasteiger partial charge in [0.2, 0.25) is 6.04 Å². The molecule has 0 N–H and O–H groups in total. The summed E-state index contributed by atoms with van der Waals surface area (Å²) in [4.78, 5) is 28.3. The van der Waals surface area contributed by atoms with Crippen LogP contribution in [0, 0.1) is 10.1 Å². The van der Waals surface area contributed by atoms with E-state index in [4.69, 9.17) is 4.74 Å². The normalized spacial score (nSPS) is 22.6. The van der Waals surface area contributed by atoms with E-state index in [0.717, 1.165) is 11.3 Å². The van der Waals surface area contributed by atoms with Crippen molar-refractivity contribution in [1.29, 1.82) is 0 Å². The van der Waals surface area contributed by atoms with Gasteiger partial charge < -0.3 is 9.64 Å². The molecule has 174 valence electrons. The standard InChI is InChI=1S/C26H21N5O4/c1-35-18-13-10-17(11-14-18)23-24(31(33)34)22-15-12-16-6-2-4-8-20(16)29(22)25(23)26(32)30-21-9-5-3-7-19(21)27-28-30/h2-15,22-25H,1H3. The second-order valence-corrected chi connectivity index (χ2v) is 8.66. The van der Waals surface area contributed by atoms with Crippen molar-refractivity contribution in [2.45, 2.75) is 24.0 Å². The molecular weight excluding hydrogens is 446 g/mol. The zero-order valence-corrected chi connectivity index (χ0v) is 18.8. The molecule has 4 unspecified atom stereocenters. The van der Waals surface area contributed by atoms with E-state index >= 15 is 0 Å². The second kappa shape index (κ2) is 8.05. The quantitative estimate of drug-likeness (QED) is 0.332. The first kappa shape index (κ1) is 21.0. The number of hydrogen-bond acceptors (Lipinski definition) is 7. The molecule has 1 fully saturated rings. The number of benzene rings is 3. The van der Waals surface area contributed by atoms with E-state index in [1.165, 1.54) is 4.68 Å². The third kappa shape index (κ3) is 3.19. The van der Waals surface area contributed by atoms with Crippen LogP contribution in [-0.2, 0) is 0 Å². The maximum Gasteiger partial charge on any atom is 0.272 e. The van der Waals surface area contributed by atoms with Gasteiger partial charge in [0.05, 0.1) is 18.5 Å². The zero-order chi connectivity index (χ0) is 24.1. The fraction of sp³-hybridized carbons (Fsp3) is 0.192. The summed E-state index contributed by atoms with van der Waals surface area (Å²) in [5.41, 5.74) is 3.53. The van der Waals surface area contributed by atoms with Gasteiger partial charge in [-0.3, -0.25) is 14.9 Å². The molecule has 4 aromatic rings. The van der Waals surface area contributed by atoms with Crippen LogP contribution in [0.5, 0.6) is 5.75 Å². The molecule has 9 nitrogen and oxygen atoms in total. The van der Waals surface area contributed by atoms with Crippen LogP contribution in [0.15, 0.2) is 78.9 Å². The lowest BCUT2D eigenvalue weighted by molar-refractivity contribution is -0.524. The highest BCUT2D eigenvalue weighted by atomic mass is 16.6. The number of nitro groups is 1. The van der Waals surface area contributed by atoms with E-state index < -0.39 is 24.0 Å². The second-order valence-electron chi connectivity index (χ2n) is 8.66. The Labute approximate surface area is 200 Å². The van der Waals surface area contributed by atoms with Gasteiger partial charge in [0.15, 0.2) is 0 Å². The SMILES string of the molecule is COc1ccc(C2C(C(=O)n3nnc4ccccc43)N3c4ccccc4C=CC3C2[N+](=O)[O-])cc1. The van der Waals surface area contributed by atoms with Crippen molar-refractivity contribution in [3.05, 3.63) is 100 Å². The number of hydrogen-bond donors (Lipinski definition) is 0. The minimum Gasteiger partial charge on any atom is -0.497 e. The first-order chi connectivity index (χ1) is 17.1. The summed E-state index contributed by atoms with van der Waals surface area (Å²) >= 11 is 0. The van der Waals surface area contributed by atoms with E-state index in [1.54, 1.807) is 43.5 Å². The Kier molecular flexibility index (Phi) is 4.84. The number of para-hydroxylation sites is 2. The van der Waals surface area contributed by atoms with Crippen LogP contribution in [0.1, 0.15) is 21.8 Å². The summed E-state index contributed by atoms with van der Waals surface area (Å²) in [7, 11) is 1.56. The molecule has 0 aliphatic carbocycles. The van der Waals surface area contributed by atoms with Gasteiger partial charge in [-0.15, -0.1) is 5.10 Å². The van der Waals surface area contributed by atoms with Crippen molar-refractivity contribution >= 4 is 28.7 Å². The van der Waals surface area contributed by atoms with Crippen LogP contribution >= 0.6 is 0 Å². The van der Waals surface area contributed by atoms with Crippen molar-refractivity contribution in [1.82, 2.24) is 15.0 Å². The summed E-state index contributed by atoms with van der Waals surface area (Å²) in [5.74, 6) is -0.455. The molecule has 6 rings (SSSR count). The lowest BCUT2D eigenvalue weighted by atomic mass is 9.86. The molecule has 1 aromatic heterocycles. The largest absolute Gasteiger partial charge is 0.497 e. The smallest absolute Gasteiger partial charge is 0.272 e. The molecular formula is C26H21N5O4. The summed E-state index contributed by atoms with van der Waals surface area (Å²) in [6.45, 7) is 0. The van der Waals surface area contributed by atoms with Gasteiger partial charge in [-0.2, -0.15) is 4.68 Å². The summed E-state index contributed by atoms with van der Waals surface area (Å²) in [5, 5.41) is 20.8. The topological polar surface area (TPSA) is 103 Å². The van der Waals surface area contributed by atoms with Gasteiger partial charge in [-0.1, -0.05) is 59.8 Å². The Hall–Kier alpha value is -4.53. The monoisotopic (exact) mass is 467 g/mol. The maximum atomic E-state index is 14.2. The first-order valence-electron chi connectivity index (χ1n) is 11.3. The molecule has 0 radical (unpaired) electrons. The third-order valence-electron chi connectivity index (χ3n) is 6.92. The van der Waals surface area contributed by atoms with Crippen LogP contribution in [0.2, 0.25) is 0 Å². The molecule has 0 bridgehead atoms. The number of rotatable bonds is 4. The minimum absolute atomic E-state index is 0.266. The summed E-state index contributed by atoms with van der Waals surface area (Å²) < 4.78 is 6.56. The fourth-order valence-electron chi connectivity index (χ4n) is 5.40. The van der Waals surface area contributed by atoms with Crippen LogP contribution in [0.4, 0.5) is 5.69 Å². The maximum absolute atomic E-state index is 14.2. The minimum atomic E-state index is -1.04. The van der Waals surface area contributed by atoms with Gasteiger partial charge in [0.1, 0.15) is 23.3 Å². The Balaban J connectivity index is 1.57. The van der Waals surface area contributed by atoms with Crippen LogP contribution in [0.25, 0.3) is 17.1 Å². The van der Waals surface area contributed by atoms with Crippen LogP contribution in [-0.4, -0.2) is 51.1 Å². The van der Waals surface area contributed by atoms with Crippen molar-refractivity contribution in [3.8, 4) is 5.75 Å². The molecule has 4 atom stereocenters. The van der Waals surface area contributed by atoms with Crippen molar-refractivity contribution in [2.24, 2.45) is 0 Å². The van der Waals surface area contributed by atoms with Crippen molar-refractivity contribution in [3.63, 3.8) is 0 Å². The molecule has 3 heterocycles. The molecule has 9 heteroatoms. The number of anilines is 1. The number of carbonyl (C=O) groups is 1. The molecule has 2 aliphatic heterocycles. The summed E-state index contributed by atoms with van der Waals surface area (Å²) in [6.07, 6.45) is 3.73. The Morgan fingerprint density at radius 3 is 2.54 bits per heavy atom. The Morgan fingerprint density at radius 2 is 1.77 bits per heavy atom. The van der Waals surface area contributed by atoms with Crippen molar-refractivity contribution in [2.75, 3.05) is 12.0 Å². The average molecular weight is 467 g/mol. The highest BCUT2D eigenvalue weighted by Gasteiger charge is 2.59. The number of aromatic nitrogens is 3. The zero-order valence-electron chi connectivity index (χ0n) is 18.8. The van der Waals surface area contributed by atoms with E-state index in [2.05, 4.69) is 10.3 Å². The average Bonchev–Trinajstić information content (AvgIpc) is 3.48. The molecule has 0 amide bonds. The molecule has 0 saturated carbocycles. The highest BCUT2D eigenvalue weighted by Crippen LogP contribution is 2.46. The van der Waals surface area contributed by atoms with Gasteiger partial charge in [-0.25, -0.2) is 0 Å². The third-order valence-corrected chi connectivity index (χ3v) is 6.92. The van der Waals surface area contributed by atoms with Gasteiger partial charge >= 0.3 is 0 Å². The number of carbonyl (C=O) groups excluding carboxylic acids is 1. The number of nitrogens with zero attached hydrogens (tertiary/aromatic N) is 5. The summed E-state index contributed by atoms with van der Waals surface area (Å²) in [6, 6.07) is 19.4. The molecule has 3 aromatic carbocycles. The van der Waals surface area contributed by atoms with Gasteiger partial charge in [0, 0.05) is 10.6 Å². The van der Waals surface area contributed by atoms with Crippen LogP contribution < -0.4 is 9.64 Å². The molecule has 0 spiro atoms. The lowest BCUT2D eigenvalue weighted by Crippen LogP contribution is -2.46. The number of ether oxygens (including phenoxy) is 1. The highest BCUT2D eigenvalue weighted by molar-refractivity contribution is 5.96. The van der Waals surface area contributed by atoms with Crippen molar-refractivity contribution < 1.29 is 14.5 Å². The molecule has 35 heavy (non-hydrogen) atoms. The number of methoxy groups -OCH3 is 1. The van der Waals surface area contributed by atoms with Gasteiger partial charge in [0.25, 0.3) is 5.91 Å². The number of fused-ring (bicyclic) bond motifs is 4. The van der Waals surface area contributed by atoms with E-state index in [-0.39, 0.29) is 10.8 Å². The van der Waals surface area contributed by atoms with E-state index in [9.17, 15) is 14.9 Å². The van der Waals surface area contributed by atoms with E-state index in [1.807, 2.05) is 53.5 Å². The molecule has 2 aliphatic rings. The molecule has 1 saturated heterocycles. The predicted molar refractivity (Wildman–Crippen MR) is 130 cm³/mol. The fourth-order valence-corrected chi connectivity index (χ4v) is 5.40. The Bertz CT molecular complexity index is 1480. The lowest BCUT2D eigenvalue weighted by Gasteiger charge is -2.33. The van der Waals surface area contributed by atoms with Crippen LogP contribution in [0.3, 0.4) is 0 Å². The first-order valence-corrected chi connectivity index (χ1v) is 11.3. The van der Waals surface area contributed by atoms with E-state index in [0.29, 0.717) is 22.3 Å². The Morgan fingerprint density at radius 1 is 1.03 bits per heavy atom.